The summed E-state index contributed by atoms with van der Waals surface area (Å²) >= 11 is 0. The minimum Gasteiger partial charge on any atom is -0.339 e. The molecule has 0 unspecified atom stereocenters. The Morgan fingerprint density at radius 3 is 2.72 bits per heavy atom. The van der Waals surface area contributed by atoms with Gasteiger partial charge in [0.25, 0.3) is 5.56 Å². The van der Waals surface area contributed by atoms with Crippen molar-refractivity contribution in [1.82, 2.24) is 14.2 Å². The summed E-state index contributed by atoms with van der Waals surface area (Å²) in [6, 6.07) is 10.7. The molecule has 1 aliphatic heterocycles. The monoisotopic (exact) mass is 452 g/mol. The first-order valence-electron chi connectivity index (χ1n) is 10.7. The number of nitrogens with zero attached hydrogens (tertiary/aromatic N) is 5. The Hall–Kier alpha value is -3.16. The van der Waals surface area contributed by atoms with E-state index in [-0.39, 0.29) is 33.8 Å². The van der Waals surface area contributed by atoms with Gasteiger partial charge in [0, 0.05) is 25.3 Å². The van der Waals surface area contributed by atoms with Crippen molar-refractivity contribution in [3.05, 3.63) is 58.0 Å². The van der Waals surface area contributed by atoms with Gasteiger partial charge in [-0.3, -0.25) is 9.36 Å². The highest BCUT2D eigenvalue weighted by molar-refractivity contribution is 7.92. The molecule has 2 aromatic heterocycles. The number of rotatable bonds is 5. The van der Waals surface area contributed by atoms with E-state index in [1.807, 2.05) is 17.0 Å². The fourth-order valence-electron chi connectivity index (χ4n) is 4.28. The summed E-state index contributed by atoms with van der Waals surface area (Å²) in [4.78, 5) is 15.7. The molecule has 9 nitrogen and oxygen atoms in total. The molecule has 2 aliphatic rings. The Morgan fingerprint density at radius 1 is 1.22 bits per heavy atom. The van der Waals surface area contributed by atoms with Gasteiger partial charge in [-0.05, 0) is 43.4 Å². The number of sulfone groups is 1. The van der Waals surface area contributed by atoms with Gasteiger partial charge >= 0.3 is 0 Å². The highest BCUT2D eigenvalue weighted by atomic mass is 32.2. The first kappa shape index (κ1) is 20.7. The van der Waals surface area contributed by atoms with Crippen LogP contribution in [0.1, 0.15) is 36.8 Å². The van der Waals surface area contributed by atoms with Crippen LogP contribution in [0.5, 0.6) is 0 Å². The topological polar surface area (TPSA) is 126 Å². The summed E-state index contributed by atoms with van der Waals surface area (Å²) in [7, 11) is -3.46. The number of aromatic nitrogens is 3. The molecular formula is C22H24N6O3S. The van der Waals surface area contributed by atoms with E-state index in [9.17, 15) is 18.5 Å². The number of benzene rings is 1. The Kier molecular flexibility index (Phi) is 5.03. The third kappa shape index (κ3) is 3.57. The molecule has 3 heterocycles. The predicted molar refractivity (Wildman–Crippen MR) is 119 cm³/mol. The normalized spacial score (nSPS) is 19.2. The maximum Gasteiger partial charge on any atom is 0.279 e. The van der Waals surface area contributed by atoms with Gasteiger partial charge in [0.05, 0.1) is 28.3 Å². The molecule has 1 aromatic carbocycles. The fourth-order valence-corrected chi connectivity index (χ4v) is 5.95. The first-order valence-corrected chi connectivity index (χ1v) is 12.3. The Bertz CT molecular complexity index is 1400. The fraction of sp³-hybridized carbons (Fsp3) is 0.409. The lowest BCUT2D eigenvalue weighted by Gasteiger charge is -2.32. The molecule has 0 spiro atoms. The average molecular weight is 453 g/mol. The highest BCUT2D eigenvalue weighted by Crippen LogP contribution is 2.34. The predicted octanol–water partition coefficient (Wildman–Crippen LogP) is 1.28. The van der Waals surface area contributed by atoms with Crippen molar-refractivity contribution in [3.8, 4) is 6.07 Å². The number of nitriles is 1. The molecular weight excluding hydrogens is 428 g/mol. The molecule has 10 heteroatoms. The minimum atomic E-state index is -3.46. The second-order valence-electron chi connectivity index (χ2n) is 8.56. The lowest BCUT2D eigenvalue weighted by molar-refractivity contribution is 0.487. The molecule has 166 valence electrons. The van der Waals surface area contributed by atoms with Gasteiger partial charge in [-0.25, -0.2) is 12.9 Å². The van der Waals surface area contributed by atoms with Crippen molar-refractivity contribution in [3.63, 3.8) is 0 Å². The lowest BCUT2D eigenvalue weighted by Crippen LogP contribution is -2.46. The van der Waals surface area contributed by atoms with Crippen LogP contribution in [0.25, 0.3) is 5.52 Å². The molecule has 2 N–H and O–H groups in total. The highest BCUT2D eigenvalue weighted by Gasteiger charge is 2.38. The van der Waals surface area contributed by atoms with E-state index in [4.69, 9.17) is 5.73 Å². The van der Waals surface area contributed by atoms with Crippen molar-refractivity contribution in [2.75, 3.05) is 18.0 Å². The van der Waals surface area contributed by atoms with Gasteiger partial charge < -0.3 is 10.6 Å². The van der Waals surface area contributed by atoms with Crippen LogP contribution in [-0.2, 0) is 16.4 Å². The Morgan fingerprint density at radius 2 is 2.00 bits per heavy atom. The maximum atomic E-state index is 13.6. The lowest BCUT2D eigenvalue weighted by atomic mass is 10.1. The number of nitrogens with two attached hydrogens (primary N) is 1. The summed E-state index contributed by atoms with van der Waals surface area (Å²) < 4.78 is 28.4. The standard InChI is InChI=1S/C22H24N6O3S/c23-11-15-4-1-2-5-16(15)12-27-21(29)20-10-19(32(30,31)18-7-8-18)14-28(20)25-22(27)26-9-3-6-17(24)13-26/h1-2,4-5,10,14,17-18H,3,6-9,12-13,24H2/t17-/m1/s1. The Labute approximate surface area is 185 Å². The molecule has 0 bridgehead atoms. The third-order valence-electron chi connectivity index (χ3n) is 6.18. The smallest absolute Gasteiger partial charge is 0.279 e. The molecule has 32 heavy (non-hydrogen) atoms. The maximum absolute atomic E-state index is 13.6. The molecule has 1 aliphatic carbocycles. The van der Waals surface area contributed by atoms with Gasteiger partial charge in [0.1, 0.15) is 5.52 Å². The summed E-state index contributed by atoms with van der Waals surface area (Å²) in [5.74, 6) is 0.427. The molecule has 3 aromatic rings. The summed E-state index contributed by atoms with van der Waals surface area (Å²) in [6.07, 6.45) is 4.50. The first-order chi connectivity index (χ1) is 15.4. The van der Waals surface area contributed by atoms with Crippen molar-refractivity contribution in [1.29, 1.82) is 5.26 Å². The minimum absolute atomic E-state index is 0.0355. The van der Waals surface area contributed by atoms with Crippen LogP contribution in [0.4, 0.5) is 5.95 Å². The van der Waals surface area contributed by atoms with Crippen molar-refractivity contribution in [2.45, 2.75) is 48.4 Å². The van der Waals surface area contributed by atoms with E-state index in [1.54, 1.807) is 12.1 Å². The molecule has 1 saturated heterocycles. The average Bonchev–Trinajstić information content (AvgIpc) is 3.55. The van der Waals surface area contributed by atoms with Crippen molar-refractivity contribution in [2.24, 2.45) is 5.73 Å². The van der Waals surface area contributed by atoms with Crippen LogP contribution in [0.2, 0.25) is 0 Å². The number of hydrogen-bond donors (Lipinski definition) is 1. The van der Waals surface area contributed by atoms with Crippen LogP contribution in [0, 0.1) is 11.3 Å². The number of piperidine rings is 1. The quantitative estimate of drug-likeness (QED) is 0.618. The zero-order chi connectivity index (χ0) is 22.5. The van der Waals surface area contributed by atoms with E-state index in [0.717, 1.165) is 12.8 Å². The van der Waals surface area contributed by atoms with Crippen LogP contribution in [-0.4, -0.2) is 47.0 Å². The Balaban J connectivity index is 1.68. The van der Waals surface area contributed by atoms with Gasteiger partial charge in [0.2, 0.25) is 5.95 Å². The third-order valence-corrected chi connectivity index (χ3v) is 8.41. The van der Waals surface area contributed by atoms with E-state index in [2.05, 4.69) is 11.2 Å². The van der Waals surface area contributed by atoms with Gasteiger partial charge in [-0.2, -0.15) is 5.26 Å². The summed E-state index contributed by atoms with van der Waals surface area (Å²) in [5, 5.41) is 13.8. The second-order valence-corrected chi connectivity index (χ2v) is 10.8. The number of anilines is 1. The number of fused-ring (bicyclic) bond motifs is 1. The second kappa shape index (κ2) is 7.76. The zero-order valence-corrected chi connectivity index (χ0v) is 18.3. The van der Waals surface area contributed by atoms with E-state index < -0.39 is 9.84 Å². The molecule has 1 saturated carbocycles. The molecule has 2 fully saturated rings. The van der Waals surface area contributed by atoms with Crippen LogP contribution in [0.3, 0.4) is 0 Å². The molecule has 5 rings (SSSR count). The van der Waals surface area contributed by atoms with E-state index in [0.29, 0.717) is 43.0 Å². The summed E-state index contributed by atoms with van der Waals surface area (Å²) in [6.45, 7) is 1.40. The number of hydrogen-bond acceptors (Lipinski definition) is 7. The van der Waals surface area contributed by atoms with Gasteiger partial charge in [0.15, 0.2) is 9.84 Å². The van der Waals surface area contributed by atoms with Crippen LogP contribution >= 0.6 is 0 Å². The van der Waals surface area contributed by atoms with Crippen molar-refractivity contribution < 1.29 is 8.42 Å². The molecule has 0 amide bonds. The van der Waals surface area contributed by atoms with Gasteiger partial charge in [-0.1, -0.05) is 18.2 Å². The zero-order valence-electron chi connectivity index (χ0n) is 17.5. The largest absolute Gasteiger partial charge is 0.339 e. The molecule has 0 radical (unpaired) electrons. The van der Waals surface area contributed by atoms with E-state index >= 15 is 0 Å². The SMILES string of the molecule is N#Cc1ccccc1Cn1c(N2CCC[C@@H](N)C2)nn2cc(S(=O)(=O)C3CC3)cc2c1=O. The van der Waals surface area contributed by atoms with Gasteiger partial charge in [-0.15, -0.1) is 5.10 Å². The molecule has 1 atom stereocenters. The van der Waals surface area contributed by atoms with Crippen LogP contribution in [0.15, 0.2) is 46.2 Å². The van der Waals surface area contributed by atoms with E-state index in [1.165, 1.54) is 21.3 Å². The van der Waals surface area contributed by atoms with Crippen LogP contribution < -0.4 is 16.2 Å². The summed E-state index contributed by atoms with van der Waals surface area (Å²) in [5.41, 5.74) is 7.20. The van der Waals surface area contributed by atoms with Crippen molar-refractivity contribution >= 4 is 21.3 Å².